The van der Waals surface area contributed by atoms with E-state index in [0.29, 0.717) is 18.0 Å². The molecule has 1 heterocycles. The van der Waals surface area contributed by atoms with Crippen LogP contribution in [0.25, 0.3) is 0 Å². The molecule has 0 unspecified atom stereocenters. The molecule has 0 spiro atoms. The summed E-state index contributed by atoms with van der Waals surface area (Å²) < 4.78 is 32.0. The third-order valence-corrected chi connectivity index (χ3v) is 6.67. The lowest BCUT2D eigenvalue weighted by Crippen LogP contribution is -2.45. The monoisotopic (exact) mass is 450 g/mol. The Kier molecular flexibility index (Phi) is 6.19. The molecule has 6 nitrogen and oxygen atoms in total. The van der Waals surface area contributed by atoms with E-state index in [9.17, 15) is 13.2 Å². The Balaban J connectivity index is 1.50. The van der Waals surface area contributed by atoms with Gasteiger partial charge in [-0.25, -0.2) is 8.42 Å². The summed E-state index contributed by atoms with van der Waals surface area (Å²) in [6.45, 7) is 2.13. The van der Waals surface area contributed by atoms with Gasteiger partial charge in [0.1, 0.15) is 18.9 Å². The number of fused-ring (bicyclic) bond motifs is 1. The number of nitrogens with zero attached hydrogens (tertiary/aromatic N) is 2. The van der Waals surface area contributed by atoms with Gasteiger partial charge in [-0.2, -0.15) is 0 Å². The van der Waals surface area contributed by atoms with Crippen molar-refractivity contribution in [3.8, 4) is 5.75 Å². The summed E-state index contributed by atoms with van der Waals surface area (Å²) in [4.78, 5) is 14.9. The minimum atomic E-state index is -3.66. The Morgan fingerprint density at radius 1 is 1.00 bits per heavy atom. The second-order valence-electron chi connectivity index (χ2n) is 7.98. The van der Waals surface area contributed by atoms with E-state index in [1.54, 1.807) is 29.2 Å². The number of sulfonamides is 1. The van der Waals surface area contributed by atoms with E-state index < -0.39 is 10.0 Å². The number of benzene rings is 3. The van der Waals surface area contributed by atoms with Crippen LogP contribution < -0.4 is 13.9 Å². The van der Waals surface area contributed by atoms with Crippen LogP contribution in [-0.4, -0.2) is 33.2 Å². The van der Waals surface area contributed by atoms with Crippen molar-refractivity contribution in [2.45, 2.75) is 26.0 Å². The zero-order valence-electron chi connectivity index (χ0n) is 18.1. The lowest BCUT2D eigenvalue weighted by molar-refractivity contribution is -0.117. The summed E-state index contributed by atoms with van der Waals surface area (Å²) in [6.07, 6.45) is 1.87. The van der Waals surface area contributed by atoms with Gasteiger partial charge in [0.15, 0.2) is 0 Å². The second-order valence-corrected chi connectivity index (χ2v) is 9.89. The van der Waals surface area contributed by atoms with Gasteiger partial charge < -0.3 is 9.64 Å². The van der Waals surface area contributed by atoms with Crippen molar-refractivity contribution in [2.75, 3.05) is 22.0 Å². The van der Waals surface area contributed by atoms with Crippen LogP contribution in [0.5, 0.6) is 5.75 Å². The van der Waals surface area contributed by atoms with Gasteiger partial charge in [0.2, 0.25) is 15.9 Å². The summed E-state index contributed by atoms with van der Waals surface area (Å²) in [5.74, 6) is 0.372. The molecule has 7 heteroatoms. The molecule has 0 fully saturated rings. The predicted molar refractivity (Wildman–Crippen MR) is 126 cm³/mol. The highest BCUT2D eigenvalue weighted by atomic mass is 32.2. The molecule has 0 N–H and O–H groups in total. The molecule has 1 aliphatic heterocycles. The average Bonchev–Trinajstić information content (AvgIpc) is 3.12. The number of ether oxygens (including phenoxy) is 1. The van der Waals surface area contributed by atoms with Gasteiger partial charge in [-0.15, -0.1) is 0 Å². The molecule has 0 aliphatic carbocycles. The molecule has 4 rings (SSSR count). The van der Waals surface area contributed by atoms with Crippen LogP contribution in [0, 0.1) is 0 Å². The molecular formula is C25H26N2O4S. The number of carbonyl (C=O) groups is 1. The molecule has 32 heavy (non-hydrogen) atoms. The predicted octanol–water partition coefficient (Wildman–Crippen LogP) is 4.01. The van der Waals surface area contributed by atoms with E-state index >= 15 is 0 Å². The van der Waals surface area contributed by atoms with Crippen LogP contribution in [-0.2, 0) is 27.8 Å². The Morgan fingerprint density at radius 3 is 2.34 bits per heavy atom. The quantitative estimate of drug-likeness (QED) is 0.546. The van der Waals surface area contributed by atoms with Gasteiger partial charge in [-0.3, -0.25) is 9.10 Å². The highest BCUT2D eigenvalue weighted by molar-refractivity contribution is 7.92. The second kappa shape index (κ2) is 9.04. The zero-order valence-corrected chi connectivity index (χ0v) is 19.0. The maximum Gasteiger partial charge on any atom is 0.248 e. The van der Waals surface area contributed by atoms with Gasteiger partial charge in [0.05, 0.1) is 11.9 Å². The summed E-state index contributed by atoms with van der Waals surface area (Å²) >= 11 is 0. The first-order valence-corrected chi connectivity index (χ1v) is 12.3. The molecule has 0 saturated heterocycles. The summed E-state index contributed by atoms with van der Waals surface area (Å²) in [5.41, 5.74) is 3.41. The first kappa shape index (κ1) is 21.9. The molecule has 166 valence electrons. The minimum Gasteiger partial charge on any atom is -0.489 e. The standard InChI is InChI=1S/C25H26N2O4S/c1-19-16-21-10-6-7-11-24(21)27(19)25(28)17-26(32(2,29)30)22-12-14-23(15-13-22)31-18-20-8-4-3-5-9-20/h3-15,19H,16-18H2,1-2H3/t19-/m1/s1. The Morgan fingerprint density at radius 2 is 1.66 bits per heavy atom. The smallest absolute Gasteiger partial charge is 0.248 e. The van der Waals surface area contributed by atoms with E-state index in [0.717, 1.165) is 33.8 Å². The third-order valence-electron chi connectivity index (χ3n) is 5.53. The Bertz CT molecular complexity index is 1190. The number of anilines is 2. The van der Waals surface area contributed by atoms with Crippen molar-refractivity contribution in [3.63, 3.8) is 0 Å². The molecule has 3 aromatic carbocycles. The molecule has 1 amide bonds. The van der Waals surface area contributed by atoms with Crippen molar-refractivity contribution in [1.82, 2.24) is 0 Å². The van der Waals surface area contributed by atoms with Crippen molar-refractivity contribution in [2.24, 2.45) is 0 Å². The highest BCUT2D eigenvalue weighted by Gasteiger charge is 2.33. The number of amides is 1. The Labute approximate surface area is 189 Å². The van der Waals surface area contributed by atoms with Crippen molar-refractivity contribution in [1.29, 1.82) is 0 Å². The summed E-state index contributed by atoms with van der Waals surface area (Å²) in [6, 6.07) is 24.3. The van der Waals surface area contributed by atoms with E-state index in [1.807, 2.05) is 61.5 Å². The maximum absolute atomic E-state index is 13.2. The van der Waals surface area contributed by atoms with Crippen molar-refractivity contribution >= 4 is 27.3 Å². The van der Waals surface area contributed by atoms with Crippen LogP contribution in [0.2, 0.25) is 0 Å². The number of hydrogen-bond donors (Lipinski definition) is 0. The average molecular weight is 451 g/mol. The third kappa shape index (κ3) is 4.78. The SMILES string of the molecule is C[C@@H]1Cc2ccccc2N1C(=O)CN(c1ccc(OCc2ccccc2)cc1)S(C)(=O)=O. The molecule has 0 radical (unpaired) electrons. The van der Waals surface area contributed by atoms with E-state index in [1.165, 1.54) is 0 Å². The highest BCUT2D eigenvalue weighted by Crippen LogP contribution is 2.32. The molecular weight excluding hydrogens is 424 g/mol. The zero-order chi connectivity index (χ0) is 22.7. The van der Waals surface area contributed by atoms with Gasteiger partial charge in [-0.1, -0.05) is 48.5 Å². The minimum absolute atomic E-state index is 0.0185. The molecule has 0 bridgehead atoms. The van der Waals surface area contributed by atoms with Gasteiger partial charge in [0.25, 0.3) is 0 Å². The van der Waals surface area contributed by atoms with Crippen LogP contribution in [0.3, 0.4) is 0 Å². The number of para-hydroxylation sites is 1. The summed E-state index contributed by atoms with van der Waals surface area (Å²) in [5, 5.41) is 0. The van der Waals surface area contributed by atoms with Crippen LogP contribution >= 0.6 is 0 Å². The summed E-state index contributed by atoms with van der Waals surface area (Å²) in [7, 11) is -3.66. The fourth-order valence-electron chi connectivity index (χ4n) is 3.99. The molecule has 0 saturated carbocycles. The van der Waals surface area contributed by atoms with E-state index in [-0.39, 0.29) is 18.5 Å². The fraction of sp³-hybridized carbons (Fsp3) is 0.240. The number of hydrogen-bond acceptors (Lipinski definition) is 4. The normalized spacial score (nSPS) is 15.3. The first-order chi connectivity index (χ1) is 15.3. The van der Waals surface area contributed by atoms with Gasteiger partial charge >= 0.3 is 0 Å². The van der Waals surface area contributed by atoms with E-state index in [4.69, 9.17) is 4.74 Å². The number of carbonyl (C=O) groups excluding carboxylic acids is 1. The molecule has 1 aliphatic rings. The van der Waals surface area contributed by atoms with Gasteiger partial charge in [-0.05, 0) is 54.8 Å². The van der Waals surface area contributed by atoms with Gasteiger partial charge in [0, 0.05) is 11.7 Å². The number of rotatable bonds is 7. The lowest BCUT2D eigenvalue weighted by Gasteiger charge is -2.28. The van der Waals surface area contributed by atoms with Crippen LogP contribution in [0.15, 0.2) is 78.9 Å². The topological polar surface area (TPSA) is 66.9 Å². The van der Waals surface area contributed by atoms with E-state index in [2.05, 4.69) is 0 Å². The molecule has 3 aromatic rings. The Hall–Kier alpha value is -3.32. The first-order valence-electron chi connectivity index (χ1n) is 10.5. The maximum atomic E-state index is 13.2. The molecule has 0 aromatic heterocycles. The molecule has 1 atom stereocenters. The lowest BCUT2D eigenvalue weighted by atomic mass is 10.1. The van der Waals surface area contributed by atoms with Crippen LogP contribution in [0.4, 0.5) is 11.4 Å². The fourth-order valence-corrected chi connectivity index (χ4v) is 4.84. The van der Waals surface area contributed by atoms with Crippen molar-refractivity contribution in [3.05, 3.63) is 90.0 Å². The van der Waals surface area contributed by atoms with Crippen molar-refractivity contribution < 1.29 is 17.9 Å². The largest absolute Gasteiger partial charge is 0.489 e. The van der Waals surface area contributed by atoms with Crippen LogP contribution in [0.1, 0.15) is 18.1 Å².